The molecule has 0 bridgehead atoms. The highest BCUT2D eigenvalue weighted by Gasteiger charge is 2.35. The first-order valence-corrected chi connectivity index (χ1v) is 8.62. The number of amides is 2. The number of rotatable bonds is 3. The minimum Gasteiger partial charge on any atom is -0.481 e. The molecule has 1 N–H and O–H groups in total. The second kappa shape index (κ2) is 6.27. The summed E-state index contributed by atoms with van der Waals surface area (Å²) in [6.45, 7) is 2.66. The van der Waals surface area contributed by atoms with Gasteiger partial charge in [0.15, 0.2) is 12.4 Å². The fraction of sp³-hybridized carbons (Fsp3) is 0.368. The number of ether oxygens (including phenoxy) is 1. The van der Waals surface area contributed by atoms with Crippen molar-refractivity contribution in [1.29, 1.82) is 0 Å². The van der Waals surface area contributed by atoms with Crippen LogP contribution in [0.3, 0.4) is 0 Å². The molecule has 1 aromatic heterocycles. The number of furan rings is 1. The largest absolute Gasteiger partial charge is 0.481 e. The van der Waals surface area contributed by atoms with Crippen molar-refractivity contribution < 1.29 is 18.7 Å². The Kier molecular flexibility index (Phi) is 3.95. The highest BCUT2D eigenvalue weighted by Crippen LogP contribution is 2.38. The first-order chi connectivity index (χ1) is 12.2. The van der Waals surface area contributed by atoms with Gasteiger partial charge in [0.2, 0.25) is 0 Å². The molecule has 2 amide bonds. The van der Waals surface area contributed by atoms with Crippen molar-refractivity contribution in [2.45, 2.75) is 32.2 Å². The highest BCUT2D eigenvalue weighted by atomic mass is 16.5. The molecule has 0 saturated carbocycles. The van der Waals surface area contributed by atoms with Gasteiger partial charge in [-0.3, -0.25) is 9.59 Å². The van der Waals surface area contributed by atoms with Crippen molar-refractivity contribution in [3.05, 3.63) is 47.4 Å². The average molecular weight is 340 g/mol. The molecular weight excluding hydrogens is 320 g/mol. The molecule has 4 rings (SSSR count). The van der Waals surface area contributed by atoms with Crippen LogP contribution in [0, 0.1) is 0 Å². The molecule has 1 saturated heterocycles. The van der Waals surface area contributed by atoms with Crippen LogP contribution in [0.5, 0.6) is 5.75 Å². The van der Waals surface area contributed by atoms with Gasteiger partial charge >= 0.3 is 0 Å². The maximum Gasteiger partial charge on any atom is 0.262 e. The number of para-hydroxylation sites is 1. The van der Waals surface area contributed by atoms with Crippen LogP contribution in [-0.4, -0.2) is 29.9 Å². The number of hydrogen-bond donors (Lipinski definition) is 1. The van der Waals surface area contributed by atoms with E-state index >= 15 is 0 Å². The molecule has 6 heteroatoms. The summed E-state index contributed by atoms with van der Waals surface area (Å²) in [6, 6.07) is 9.12. The number of nitrogens with one attached hydrogen (secondary N) is 1. The number of aryl methyl sites for hydroxylation is 1. The summed E-state index contributed by atoms with van der Waals surface area (Å²) < 4.78 is 11.4. The van der Waals surface area contributed by atoms with E-state index in [9.17, 15) is 9.59 Å². The molecule has 1 fully saturated rings. The zero-order valence-corrected chi connectivity index (χ0v) is 14.1. The Bertz CT molecular complexity index is 827. The lowest BCUT2D eigenvalue weighted by molar-refractivity contribution is -0.118. The Labute approximate surface area is 145 Å². The Hall–Kier alpha value is -2.76. The van der Waals surface area contributed by atoms with E-state index in [2.05, 4.69) is 5.32 Å². The van der Waals surface area contributed by atoms with E-state index in [0.29, 0.717) is 23.5 Å². The molecule has 6 nitrogen and oxygen atoms in total. The molecule has 0 spiro atoms. The zero-order valence-electron chi connectivity index (χ0n) is 14.1. The lowest BCUT2D eigenvalue weighted by atomic mass is 10.1. The maximum atomic E-state index is 13.2. The number of carbonyl (C=O) groups is 2. The van der Waals surface area contributed by atoms with Crippen LogP contribution >= 0.6 is 0 Å². The molecule has 0 unspecified atom stereocenters. The number of nitrogens with zero attached hydrogens (tertiary/aromatic N) is 1. The van der Waals surface area contributed by atoms with Crippen molar-refractivity contribution in [3.8, 4) is 5.75 Å². The lowest BCUT2D eigenvalue weighted by Crippen LogP contribution is -2.32. The van der Waals surface area contributed by atoms with Crippen LogP contribution in [0.15, 0.2) is 34.7 Å². The SMILES string of the molecule is CCc1ccc([C@@H]2CCCN2C(=O)c2cccc3c2OCC(=O)N3)o1. The van der Waals surface area contributed by atoms with Crippen LogP contribution in [-0.2, 0) is 11.2 Å². The molecular formula is C19H20N2O4. The molecule has 3 heterocycles. The fourth-order valence-corrected chi connectivity index (χ4v) is 3.51. The van der Waals surface area contributed by atoms with Crippen molar-refractivity contribution in [1.82, 2.24) is 4.90 Å². The van der Waals surface area contributed by atoms with Gasteiger partial charge < -0.3 is 19.4 Å². The summed E-state index contributed by atoms with van der Waals surface area (Å²) in [5.41, 5.74) is 1.02. The predicted molar refractivity (Wildman–Crippen MR) is 91.7 cm³/mol. The predicted octanol–water partition coefficient (Wildman–Crippen LogP) is 3.15. The van der Waals surface area contributed by atoms with E-state index in [1.165, 1.54) is 0 Å². The van der Waals surface area contributed by atoms with Crippen LogP contribution in [0.1, 0.15) is 47.7 Å². The Morgan fingerprint density at radius 2 is 2.20 bits per heavy atom. The number of hydrogen-bond acceptors (Lipinski definition) is 4. The lowest BCUT2D eigenvalue weighted by Gasteiger charge is -2.26. The van der Waals surface area contributed by atoms with Gasteiger partial charge in [-0.25, -0.2) is 0 Å². The van der Waals surface area contributed by atoms with Crippen LogP contribution in [0.25, 0.3) is 0 Å². The number of benzene rings is 1. The minimum atomic E-state index is -0.209. The second-order valence-corrected chi connectivity index (χ2v) is 6.33. The molecule has 2 aliphatic rings. The Morgan fingerprint density at radius 3 is 3.00 bits per heavy atom. The fourth-order valence-electron chi connectivity index (χ4n) is 3.51. The summed E-state index contributed by atoms with van der Waals surface area (Å²) in [5, 5.41) is 2.75. The normalized spacial score (nSPS) is 19.3. The quantitative estimate of drug-likeness (QED) is 0.932. The third kappa shape index (κ3) is 2.77. The van der Waals surface area contributed by atoms with Gasteiger partial charge in [0.05, 0.1) is 17.3 Å². The number of carbonyl (C=O) groups excluding carboxylic acids is 2. The summed E-state index contributed by atoms with van der Waals surface area (Å²) in [6.07, 6.45) is 2.65. The minimum absolute atomic E-state index is 0.0539. The zero-order chi connectivity index (χ0) is 17.4. The molecule has 1 atom stereocenters. The topological polar surface area (TPSA) is 71.8 Å². The van der Waals surface area contributed by atoms with E-state index < -0.39 is 0 Å². The van der Waals surface area contributed by atoms with E-state index in [1.54, 1.807) is 18.2 Å². The van der Waals surface area contributed by atoms with Crippen molar-refractivity contribution >= 4 is 17.5 Å². The molecule has 2 aromatic rings. The van der Waals surface area contributed by atoms with E-state index in [1.807, 2.05) is 24.0 Å². The monoisotopic (exact) mass is 340 g/mol. The number of anilines is 1. The standard InChI is InChI=1S/C19H20N2O4/c1-2-12-8-9-16(25-12)15-7-4-10-21(15)19(23)13-5-3-6-14-18(13)24-11-17(22)20-14/h3,5-6,8-9,15H,2,4,7,10-11H2,1H3,(H,20,22)/t15-/m0/s1. The van der Waals surface area contributed by atoms with Gasteiger partial charge in [-0.1, -0.05) is 13.0 Å². The van der Waals surface area contributed by atoms with E-state index in [0.717, 1.165) is 30.8 Å². The maximum absolute atomic E-state index is 13.2. The Morgan fingerprint density at radius 1 is 1.32 bits per heavy atom. The van der Waals surface area contributed by atoms with E-state index in [4.69, 9.17) is 9.15 Å². The Balaban J connectivity index is 1.64. The van der Waals surface area contributed by atoms with Gasteiger partial charge in [-0.15, -0.1) is 0 Å². The smallest absolute Gasteiger partial charge is 0.262 e. The van der Waals surface area contributed by atoms with Crippen molar-refractivity contribution in [3.63, 3.8) is 0 Å². The summed E-state index contributed by atoms with van der Waals surface area (Å²) in [4.78, 5) is 26.5. The second-order valence-electron chi connectivity index (χ2n) is 6.33. The summed E-state index contributed by atoms with van der Waals surface area (Å²) in [7, 11) is 0. The molecule has 0 radical (unpaired) electrons. The molecule has 25 heavy (non-hydrogen) atoms. The van der Waals surface area contributed by atoms with Gasteiger partial charge in [0.25, 0.3) is 11.8 Å². The van der Waals surface area contributed by atoms with Crippen LogP contribution in [0.2, 0.25) is 0 Å². The highest BCUT2D eigenvalue weighted by molar-refractivity contribution is 6.03. The third-order valence-electron chi connectivity index (χ3n) is 4.74. The summed E-state index contributed by atoms with van der Waals surface area (Å²) >= 11 is 0. The van der Waals surface area contributed by atoms with Gasteiger partial charge in [-0.2, -0.15) is 0 Å². The van der Waals surface area contributed by atoms with Gasteiger partial charge in [-0.05, 0) is 37.1 Å². The van der Waals surface area contributed by atoms with Gasteiger partial charge in [0, 0.05) is 13.0 Å². The molecule has 2 aliphatic heterocycles. The first-order valence-electron chi connectivity index (χ1n) is 8.62. The summed E-state index contributed by atoms with van der Waals surface area (Å²) in [5.74, 6) is 1.91. The van der Waals surface area contributed by atoms with Crippen molar-refractivity contribution in [2.75, 3.05) is 18.5 Å². The van der Waals surface area contributed by atoms with Crippen LogP contribution in [0.4, 0.5) is 5.69 Å². The molecule has 1 aromatic carbocycles. The first kappa shape index (κ1) is 15.7. The third-order valence-corrected chi connectivity index (χ3v) is 4.74. The number of fused-ring (bicyclic) bond motifs is 1. The average Bonchev–Trinajstić information content (AvgIpc) is 3.29. The van der Waals surface area contributed by atoms with Crippen LogP contribution < -0.4 is 10.1 Å². The van der Waals surface area contributed by atoms with Gasteiger partial charge in [0.1, 0.15) is 11.5 Å². The molecule has 0 aliphatic carbocycles. The van der Waals surface area contributed by atoms with Crippen molar-refractivity contribution in [2.24, 2.45) is 0 Å². The number of likely N-dealkylation sites (tertiary alicyclic amines) is 1. The van der Waals surface area contributed by atoms with E-state index in [-0.39, 0.29) is 24.5 Å². The molecule has 130 valence electrons.